The minimum atomic E-state index is -3.95. The summed E-state index contributed by atoms with van der Waals surface area (Å²) < 4.78 is 61.5. The fourth-order valence-electron chi connectivity index (χ4n) is 3.48. The van der Waals surface area contributed by atoms with Gasteiger partial charge in [0.2, 0.25) is 5.88 Å². The molecule has 0 radical (unpaired) electrons. The van der Waals surface area contributed by atoms with Crippen LogP contribution in [0.25, 0.3) is 0 Å². The first kappa shape index (κ1) is 24.5. The highest BCUT2D eigenvalue weighted by Crippen LogP contribution is 2.31. The average molecular weight is 491 g/mol. The molecule has 176 valence electrons. The summed E-state index contributed by atoms with van der Waals surface area (Å²) in [5.74, 6) is 0.252. The van der Waals surface area contributed by atoms with Crippen LogP contribution in [0.3, 0.4) is 0 Å². The van der Waals surface area contributed by atoms with Gasteiger partial charge < -0.3 is 4.74 Å². The van der Waals surface area contributed by atoms with Crippen molar-refractivity contribution in [2.45, 2.75) is 44.4 Å². The third-order valence-electron chi connectivity index (χ3n) is 5.71. The smallest absolute Gasteiger partial charge is 0.263 e. The van der Waals surface area contributed by atoms with Crippen LogP contribution in [0, 0.1) is 34.6 Å². The number of sulfonamides is 2. The van der Waals surface area contributed by atoms with Gasteiger partial charge in [-0.15, -0.1) is 0 Å². The van der Waals surface area contributed by atoms with E-state index in [2.05, 4.69) is 19.4 Å². The molecule has 0 spiro atoms. The largest absolute Gasteiger partial charge is 0.481 e. The van der Waals surface area contributed by atoms with Crippen molar-refractivity contribution in [3.63, 3.8) is 0 Å². The van der Waals surface area contributed by atoms with Gasteiger partial charge in [-0.1, -0.05) is 0 Å². The molecule has 0 aliphatic carbocycles. The lowest BCUT2D eigenvalue weighted by molar-refractivity contribution is 0.397. The maximum atomic E-state index is 13.2. The highest BCUT2D eigenvalue weighted by Gasteiger charge is 2.24. The summed E-state index contributed by atoms with van der Waals surface area (Å²) in [5.41, 5.74) is 4.53. The Morgan fingerprint density at radius 3 is 1.82 bits per heavy atom. The van der Waals surface area contributed by atoms with Gasteiger partial charge in [0, 0.05) is 11.8 Å². The van der Waals surface area contributed by atoms with Crippen molar-refractivity contribution in [1.29, 1.82) is 0 Å². The molecule has 0 amide bonds. The number of nitrogens with one attached hydrogen (secondary N) is 2. The predicted molar refractivity (Wildman–Crippen MR) is 127 cm³/mol. The van der Waals surface area contributed by atoms with E-state index in [9.17, 15) is 16.8 Å². The number of hydrogen-bond acceptors (Lipinski definition) is 7. The summed E-state index contributed by atoms with van der Waals surface area (Å²) in [7, 11) is -6.43. The molecule has 0 bridgehead atoms. The van der Waals surface area contributed by atoms with Crippen LogP contribution in [0.4, 0.5) is 11.5 Å². The standard InChI is InChI=1S/C22H26N4O5S2/c1-13-14(2)16(4)22(17(5)15(13)3)33(29,30)25-18-7-9-19(10-8-18)32(27,28)26-20-11-21(31-6)24-12-23-20/h7-12,25H,1-6H3,(H,23,24,26). The second-order valence-electron chi connectivity index (χ2n) is 7.64. The number of hydrogen-bond donors (Lipinski definition) is 2. The summed E-state index contributed by atoms with van der Waals surface area (Å²) in [6, 6.07) is 6.75. The van der Waals surface area contributed by atoms with Crippen molar-refractivity contribution in [1.82, 2.24) is 9.97 Å². The Balaban J connectivity index is 1.88. The van der Waals surface area contributed by atoms with E-state index >= 15 is 0 Å². The highest BCUT2D eigenvalue weighted by molar-refractivity contribution is 7.93. The van der Waals surface area contributed by atoms with E-state index in [1.165, 1.54) is 43.8 Å². The van der Waals surface area contributed by atoms with E-state index in [1.54, 1.807) is 13.8 Å². The van der Waals surface area contributed by atoms with Gasteiger partial charge in [0.25, 0.3) is 20.0 Å². The van der Waals surface area contributed by atoms with Crippen molar-refractivity contribution in [2.24, 2.45) is 0 Å². The molecule has 0 atom stereocenters. The minimum absolute atomic E-state index is 0.0442. The molecule has 0 fully saturated rings. The molecule has 2 aromatic carbocycles. The number of nitrogens with zero attached hydrogens (tertiary/aromatic N) is 2. The Hall–Kier alpha value is -3.18. The molecule has 3 aromatic rings. The first-order valence-electron chi connectivity index (χ1n) is 9.96. The van der Waals surface area contributed by atoms with Gasteiger partial charge >= 0.3 is 0 Å². The van der Waals surface area contributed by atoms with Crippen LogP contribution in [0.15, 0.2) is 46.5 Å². The third kappa shape index (κ3) is 4.93. The molecule has 0 aliphatic heterocycles. The third-order valence-corrected chi connectivity index (χ3v) is 8.73. The van der Waals surface area contributed by atoms with E-state index in [1.807, 2.05) is 20.8 Å². The Morgan fingerprint density at radius 2 is 1.27 bits per heavy atom. The van der Waals surface area contributed by atoms with Crippen LogP contribution < -0.4 is 14.2 Å². The van der Waals surface area contributed by atoms with Crippen molar-refractivity contribution in [3.8, 4) is 5.88 Å². The molecule has 11 heteroatoms. The summed E-state index contributed by atoms with van der Waals surface area (Å²) >= 11 is 0. The first-order valence-corrected chi connectivity index (χ1v) is 12.9. The average Bonchev–Trinajstić information content (AvgIpc) is 2.76. The Labute approximate surface area is 194 Å². The molecule has 1 aromatic heterocycles. The van der Waals surface area contributed by atoms with Crippen molar-refractivity contribution >= 4 is 31.6 Å². The van der Waals surface area contributed by atoms with Gasteiger partial charge in [0.05, 0.1) is 16.9 Å². The van der Waals surface area contributed by atoms with Crippen LogP contribution in [-0.4, -0.2) is 33.9 Å². The second kappa shape index (κ2) is 8.99. The zero-order chi connectivity index (χ0) is 24.6. The van der Waals surface area contributed by atoms with E-state index in [0.717, 1.165) is 16.7 Å². The SMILES string of the molecule is COc1cc(NS(=O)(=O)c2ccc(NS(=O)(=O)c3c(C)c(C)c(C)c(C)c3C)cc2)ncn1. The Morgan fingerprint density at radius 1 is 0.727 bits per heavy atom. The van der Waals surface area contributed by atoms with Crippen LogP contribution in [-0.2, 0) is 20.0 Å². The van der Waals surface area contributed by atoms with Gasteiger partial charge in [0.1, 0.15) is 12.1 Å². The molecule has 2 N–H and O–H groups in total. The van der Waals surface area contributed by atoms with Crippen molar-refractivity contribution in [3.05, 3.63) is 64.5 Å². The predicted octanol–water partition coefficient (Wildman–Crippen LogP) is 3.63. The molecular formula is C22H26N4O5S2. The maximum Gasteiger partial charge on any atom is 0.263 e. The van der Waals surface area contributed by atoms with Gasteiger partial charge in [-0.25, -0.2) is 26.8 Å². The van der Waals surface area contributed by atoms with Gasteiger partial charge in [-0.05, 0) is 86.7 Å². The quantitative estimate of drug-likeness (QED) is 0.518. The fraction of sp³-hybridized carbons (Fsp3) is 0.273. The molecular weight excluding hydrogens is 464 g/mol. The topological polar surface area (TPSA) is 127 Å². The number of anilines is 2. The molecule has 0 saturated carbocycles. The second-order valence-corrected chi connectivity index (χ2v) is 10.9. The summed E-state index contributed by atoms with van der Waals surface area (Å²) in [4.78, 5) is 7.86. The molecule has 3 rings (SSSR count). The van der Waals surface area contributed by atoms with Gasteiger partial charge in [-0.3, -0.25) is 9.44 Å². The molecule has 33 heavy (non-hydrogen) atoms. The van der Waals surface area contributed by atoms with Gasteiger partial charge in [-0.2, -0.15) is 0 Å². The summed E-state index contributed by atoms with van der Waals surface area (Å²) in [6.45, 7) is 9.34. The number of rotatable bonds is 7. The number of ether oxygens (including phenoxy) is 1. The van der Waals surface area contributed by atoms with Crippen molar-refractivity contribution in [2.75, 3.05) is 16.6 Å². The maximum absolute atomic E-state index is 13.2. The first-order chi connectivity index (χ1) is 15.4. The normalized spacial score (nSPS) is 11.8. The zero-order valence-corrected chi connectivity index (χ0v) is 20.8. The number of aromatic nitrogens is 2. The zero-order valence-electron chi connectivity index (χ0n) is 19.2. The Kier molecular flexibility index (Phi) is 6.66. The molecule has 0 saturated heterocycles. The monoisotopic (exact) mass is 490 g/mol. The van der Waals surface area contributed by atoms with E-state index < -0.39 is 20.0 Å². The Bertz CT molecular complexity index is 1390. The molecule has 1 heterocycles. The minimum Gasteiger partial charge on any atom is -0.481 e. The van der Waals surface area contributed by atoms with Crippen molar-refractivity contribution < 1.29 is 21.6 Å². The van der Waals surface area contributed by atoms with E-state index in [0.29, 0.717) is 11.1 Å². The van der Waals surface area contributed by atoms with E-state index in [4.69, 9.17) is 4.74 Å². The van der Waals surface area contributed by atoms with Gasteiger partial charge in [0.15, 0.2) is 0 Å². The fourth-order valence-corrected chi connectivity index (χ4v) is 6.14. The molecule has 9 nitrogen and oxygen atoms in total. The van der Waals surface area contributed by atoms with Crippen LogP contribution in [0.5, 0.6) is 5.88 Å². The lowest BCUT2D eigenvalue weighted by Crippen LogP contribution is -2.18. The van der Waals surface area contributed by atoms with Crippen LogP contribution in [0.1, 0.15) is 27.8 Å². The van der Waals surface area contributed by atoms with Crippen LogP contribution in [0.2, 0.25) is 0 Å². The van der Waals surface area contributed by atoms with E-state index in [-0.39, 0.29) is 27.2 Å². The number of methoxy groups -OCH3 is 1. The highest BCUT2D eigenvalue weighted by atomic mass is 32.2. The lowest BCUT2D eigenvalue weighted by atomic mass is 9.95. The molecule has 0 unspecified atom stereocenters. The summed E-state index contributed by atoms with van der Waals surface area (Å²) in [6.07, 6.45) is 1.17. The molecule has 0 aliphatic rings. The lowest BCUT2D eigenvalue weighted by Gasteiger charge is -2.19. The summed E-state index contributed by atoms with van der Waals surface area (Å²) in [5, 5.41) is 0. The van der Waals surface area contributed by atoms with Crippen LogP contribution >= 0.6 is 0 Å². The number of benzene rings is 2.